The van der Waals surface area contributed by atoms with Crippen LogP contribution in [0.1, 0.15) is 23.5 Å². The highest BCUT2D eigenvalue weighted by molar-refractivity contribution is 5.89. The lowest BCUT2D eigenvalue weighted by Gasteiger charge is -2.34. The summed E-state index contributed by atoms with van der Waals surface area (Å²) in [6.45, 7) is 1.53. The molecule has 5 heteroatoms. The number of carbonyl (C=O) groups excluding carboxylic acids is 2. The third-order valence-corrected chi connectivity index (χ3v) is 5.23. The van der Waals surface area contributed by atoms with Gasteiger partial charge in [0.1, 0.15) is 5.82 Å². The molecular weight excluding hydrogens is 331 g/mol. The van der Waals surface area contributed by atoms with Gasteiger partial charge in [-0.05, 0) is 35.6 Å². The van der Waals surface area contributed by atoms with Crippen LogP contribution in [0.15, 0.2) is 54.6 Å². The van der Waals surface area contributed by atoms with E-state index < -0.39 is 0 Å². The highest BCUT2D eigenvalue weighted by atomic mass is 19.1. The molecule has 0 unspecified atom stereocenters. The zero-order valence-corrected chi connectivity index (χ0v) is 14.5. The second-order valence-corrected chi connectivity index (χ2v) is 7.06. The Bertz CT molecular complexity index is 824. The highest BCUT2D eigenvalue weighted by Gasteiger charge is 2.46. The van der Waals surface area contributed by atoms with E-state index in [4.69, 9.17) is 0 Å². The van der Waals surface area contributed by atoms with Crippen molar-refractivity contribution in [2.24, 2.45) is 5.92 Å². The van der Waals surface area contributed by atoms with E-state index >= 15 is 0 Å². The molecule has 1 heterocycles. The van der Waals surface area contributed by atoms with Crippen molar-refractivity contribution in [1.82, 2.24) is 9.80 Å². The molecule has 0 aromatic heterocycles. The van der Waals surface area contributed by atoms with Gasteiger partial charge in [0.25, 0.3) is 0 Å². The van der Waals surface area contributed by atoms with E-state index in [9.17, 15) is 14.0 Å². The first-order valence-corrected chi connectivity index (χ1v) is 8.98. The second-order valence-electron chi connectivity index (χ2n) is 7.06. The SMILES string of the molecule is O=C1CN(C(=O)[C@@H]2C[C@H]2c2ccccc2)CCN1Cc1cccc(F)c1. The molecule has 0 radical (unpaired) electrons. The molecule has 0 N–H and O–H groups in total. The number of carbonyl (C=O) groups is 2. The van der Waals surface area contributed by atoms with Crippen LogP contribution < -0.4 is 0 Å². The van der Waals surface area contributed by atoms with Crippen LogP contribution >= 0.6 is 0 Å². The minimum Gasteiger partial charge on any atom is -0.335 e. The van der Waals surface area contributed by atoms with E-state index in [0.29, 0.717) is 19.6 Å². The van der Waals surface area contributed by atoms with Crippen LogP contribution in [0.4, 0.5) is 4.39 Å². The van der Waals surface area contributed by atoms with E-state index in [1.165, 1.54) is 17.7 Å². The van der Waals surface area contributed by atoms with Crippen LogP contribution in [0.2, 0.25) is 0 Å². The first-order chi connectivity index (χ1) is 12.6. The van der Waals surface area contributed by atoms with Crippen molar-refractivity contribution >= 4 is 11.8 Å². The Labute approximate surface area is 152 Å². The van der Waals surface area contributed by atoms with Gasteiger partial charge in [-0.2, -0.15) is 0 Å². The molecule has 4 rings (SSSR count). The molecule has 2 aromatic carbocycles. The Morgan fingerprint density at radius 3 is 2.62 bits per heavy atom. The van der Waals surface area contributed by atoms with Gasteiger partial charge in [0, 0.05) is 25.6 Å². The summed E-state index contributed by atoms with van der Waals surface area (Å²) >= 11 is 0. The maximum absolute atomic E-state index is 13.3. The quantitative estimate of drug-likeness (QED) is 0.849. The van der Waals surface area contributed by atoms with Gasteiger partial charge in [-0.1, -0.05) is 42.5 Å². The molecule has 1 aliphatic carbocycles. The fraction of sp³-hybridized carbons (Fsp3) is 0.333. The molecule has 2 amide bonds. The van der Waals surface area contributed by atoms with Crippen LogP contribution in [0.5, 0.6) is 0 Å². The molecule has 1 aliphatic heterocycles. The van der Waals surface area contributed by atoms with Gasteiger partial charge in [-0.3, -0.25) is 9.59 Å². The third kappa shape index (κ3) is 3.47. The molecule has 0 spiro atoms. The topological polar surface area (TPSA) is 40.6 Å². The molecule has 134 valence electrons. The first kappa shape index (κ1) is 16.8. The molecule has 26 heavy (non-hydrogen) atoms. The Morgan fingerprint density at radius 2 is 1.88 bits per heavy atom. The van der Waals surface area contributed by atoms with Crippen molar-refractivity contribution in [2.45, 2.75) is 18.9 Å². The van der Waals surface area contributed by atoms with Crippen molar-refractivity contribution < 1.29 is 14.0 Å². The zero-order valence-electron chi connectivity index (χ0n) is 14.5. The van der Waals surface area contributed by atoms with Gasteiger partial charge >= 0.3 is 0 Å². The predicted molar refractivity (Wildman–Crippen MR) is 95.7 cm³/mol. The molecule has 2 fully saturated rings. The summed E-state index contributed by atoms with van der Waals surface area (Å²) in [6, 6.07) is 16.3. The number of halogens is 1. The molecular formula is C21H21FN2O2. The Balaban J connectivity index is 1.34. The van der Waals surface area contributed by atoms with Crippen LogP contribution in [0, 0.1) is 11.7 Å². The van der Waals surface area contributed by atoms with Gasteiger partial charge < -0.3 is 9.80 Å². The van der Waals surface area contributed by atoms with E-state index in [-0.39, 0.29) is 36.0 Å². The normalized spacial score (nSPS) is 22.4. The molecule has 1 saturated carbocycles. The standard InChI is InChI=1S/C21H21FN2O2/c22-17-8-4-5-15(11-17)13-23-9-10-24(14-20(23)25)21(26)19-12-18(19)16-6-2-1-3-7-16/h1-8,11,18-19H,9-10,12-14H2/t18-,19+/m0/s1. The summed E-state index contributed by atoms with van der Waals surface area (Å²) in [5.74, 6) is -0.0167. The second kappa shape index (κ2) is 6.90. The van der Waals surface area contributed by atoms with Crippen molar-refractivity contribution in [3.8, 4) is 0 Å². The molecule has 1 saturated heterocycles. The fourth-order valence-electron chi connectivity index (χ4n) is 3.69. The predicted octanol–water partition coefficient (Wildman–Crippen LogP) is 2.80. The smallest absolute Gasteiger partial charge is 0.242 e. The number of hydrogen-bond donors (Lipinski definition) is 0. The van der Waals surface area contributed by atoms with Crippen molar-refractivity contribution in [3.63, 3.8) is 0 Å². The van der Waals surface area contributed by atoms with E-state index in [1.807, 2.05) is 24.3 Å². The Morgan fingerprint density at radius 1 is 1.08 bits per heavy atom. The molecule has 2 atom stereocenters. The lowest BCUT2D eigenvalue weighted by molar-refractivity contribution is -0.146. The first-order valence-electron chi connectivity index (χ1n) is 8.98. The molecule has 0 bridgehead atoms. The molecule has 2 aromatic rings. The van der Waals surface area contributed by atoms with Gasteiger partial charge in [-0.25, -0.2) is 4.39 Å². The maximum atomic E-state index is 13.3. The van der Waals surface area contributed by atoms with Gasteiger partial charge in [0.05, 0.1) is 6.54 Å². The Hall–Kier alpha value is -2.69. The summed E-state index contributed by atoms with van der Waals surface area (Å²) in [7, 11) is 0. The lowest BCUT2D eigenvalue weighted by atomic mass is 10.1. The van der Waals surface area contributed by atoms with E-state index in [1.54, 1.807) is 15.9 Å². The third-order valence-electron chi connectivity index (χ3n) is 5.23. The summed E-state index contributed by atoms with van der Waals surface area (Å²) < 4.78 is 13.3. The minimum absolute atomic E-state index is 0.0000285. The minimum atomic E-state index is -0.301. The zero-order chi connectivity index (χ0) is 18.1. The number of hydrogen-bond acceptors (Lipinski definition) is 2. The fourth-order valence-corrected chi connectivity index (χ4v) is 3.69. The van der Waals surface area contributed by atoms with Crippen LogP contribution in [-0.2, 0) is 16.1 Å². The summed E-state index contributed by atoms with van der Waals surface area (Å²) in [5.41, 5.74) is 1.96. The number of nitrogens with zero attached hydrogens (tertiary/aromatic N) is 2. The lowest BCUT2D eigenvalue weighted by Crippen LogP contribution is -2.52. The average molecular weight is 352 g/mol. The maximum Gasteiger partial charge on any atom is 0.242 e. The number of piperazine rings is 1. The summed E-state index contributed by atoms with van der Waals surface area (Å²) in [5, 5.41) is 0. The average Bonchev–Trinajstić information content (AvgIpc) is 3.44. The van der Waals surface area contributed by atoms with E-state index in [2.05, 4.69) is 12.1 Å². The monoisotopic (exact) mass is 352 g/mol. The Kier molecular flexibility index (Phi) is 4.45. The van der Waals surface area contributed by atoms with Crippen LogP contribution in [-0.4, -0.2) is 41.2 Å². The summed E-state index contributed by atoms with van der Waals surface area (Å²) in [6.07, 6.45) is 0.862. The van der Waals surface area contributed by atoms with E-state index in [0.717, 1.165) is 12.0 Å². The number of amides is 2. The van der Waals surface area contributed by atoms with Gasteiger partial charge in [0.15, 0.2) is 0 Å². The number of rotatable bonds is 4. The van der Waals surface area contributed by atoms with Crippen molar-refractivity contribution in [3.05, 3.63) is 71.5 Å². The summed E-state index contributed by atoms with van der Waals surface area (Å²) in [4.78, 5) is 28.5. The number of benzene rings is 2. The van der Waals surface area contributed by atoms with Crippen molar-refractivity contribution in [2.75, 3.05) is 19.6 Å². The van der Waals surface area contributed by atoms with Crippen LogP contribution in [0.3, 0.4) is 0 Å². The van der Waals surface area contributed by atoms with Crippen LogP contribution in [0.25, 0.3) is 0 Å². The largest absolute Gasteiger partial charge is 0.335 e. The highest BCUT2D eigenvalue weighted by Crippen LogP contribution is 2.48. The van der Waals surface area contributed by atoms with Gasteiger partial charge in [-0.15, -0.1) is 0 Å². The molecule has 4 nitrogen and oxygen atoms in total. The van der Waals surface area contributed by atoms with Gasteiger partial charge in [0.2, 0.25) is 11.8 Å². The van der Waals surface area contributed by atoms with Crippen molar-refractivity contribution in [1.29, 1.82) is 0 Å². The molecule has 2 aliphatic rings.